The van der Waals surface area contributed by atoms with E-state index in [9.17, 15) is 52.7 Å². The van der Waals surface area contributed by atoms with Gasteiger partial charge in [0.15, 0.2) is 69.8 Å². The lowest BCUT2D eigenvalue weighted by Crippen LogP contribution is -3.12. The molecular weight excluding hydrogens is 933 g/mol. The molecule has 4 aromatic carbocycles. The second-order valence-electron chi connectivity index (χ2n) is 16.2. The lowest BCUT2D eigenvalue weighted by molar-refractivity contribution is -0.900. The first-order chi connectivity index (χ1) is 31.1. The molecule has 1 N–H and O–H groups in total. The van der Waals surface area contributed by atoms with E-state index in [-0.39, 0.29) is 0 Å². The van der Waals surface area contributed by atoms with Gasteiger partial charge in [-0.25, -0.2) is 87.8 Å². The summed E-state index contributed by atoms with van der Waals surface area (Å²) in [5.74, 6) is -70.3. The van der Waals surface area contributed by atoms with Gasteiger partial charge in [0, 0.05) is 0 Å². The maximum absolute atomic E-state index is 15.4. The normalized spacial score (nSPS) is 13.5. The van der Waals surface area contributed by atoms with Gasteiger partial charge < -0.3 is 4.90 Å². The van der Waals surface area contributed by atoms with Gasteiger partial charge in [0.25, 0.3) is 0 Å². The summed E-state index contributed by atoms with van der Waals surface area (Å²) in [7, 11) is 0. The molecule has 22 heteroatoms. The number of hydrogen-bond donors (Lipinski definition) is 1. The minimum atomic E-state index is -7.22. The summed E-state index contributed by atoms with van der Waals surface area (Å²) in [4.78, 5) is 1.88. The number of hydrogen-bond acceptors (Lipinski definition) is 0. The second-order valence-corrected chi connectivity index (χ2v) is 16.2. The van der Waals surface area contributed by atoms with Gasteiger partial charge in [-0.05, 0) is 31.6 Å². The maximum Gasteiger partial charge on any atom is 0.200 e. The Morgan fingerprint density at radius 3 is 0.833 bits per heavy atom. The van der Waals surface area contributed by atoms with Crippen molar-refractivity contribution in [2.75, 3.05) is 19.6 Å². The molecule has 0 heterocycles. The molecule has 66 heavy (non-hydrogen) atoms. The van der Waals surface area contributed by atoms with Crippen molar-refractivity contribution >= 4 is 28.0 Å². The summed E-state index contributed by atoms with van der Waals surface area (Å²) in [6.07, 6.45) is 13.4. The number of nitrogens with one attached hydrogen (secondary N) is 1. The lowest BCUT2D eigenvalue weighted by Gasteiger charge is -2.44. The van der Waals surface area contributed by atoms with Gasteiger partial charge in [-0.3, -0.25) is 0 Å². The van der Waals surface area contributed by atoms with Crippen LogP contribution in [0.25, 0.3) is 0 Å². The molecule has 1 nitrogen and oxygen atoms in total. The molecule has 1 aliphatic carbocycles. The summed E-state index contributed by atoms with van der Waals surface area (Å²) in [6.45, 7) is 8.91. The predicted octanol–water partition coefficient (Wildman–Crippen LogP) is 10.8. The van der Waals surface area contributed by atoms with Gasteiger partial charge >= 0.3 is 0 Å². The van der Waals surface area contributed by atoms with E-state index in [1.165, 1.54) is 110 Å². The molecule has 0 atom stereocenters. The van der Waals surface area contributed by atoms with E-state index in [1.54, 1.807) is 0 Å². The van der Waals surface area contributed by atoms with Crippen molar-refractivity contribution in [3.63, 3.8) is 0 Å². The Morgan fingerprint density at radius 2 is 0.561 bits per heavy atom. The highest BCUT2D eigenvalue weighted by Crippen LogP contribution is 2.31. The molecule has 0 aromatic heterocycles. The average molecular weight is 976 g/mol. The fourth-order valence-corrected chi connectivity index (χ4v) is 8.74. The van der Waals surface area contributed by atoms with Gasteiger partial charge in [-0.2, -0.15) is 0 Å². The molecular formula is C44H42BF20N. The number of quaternary nitrogens is 1. The summed E-state index contributed by atoms with van der Waals surface area (Å²) in [5, 5.41) is 0. The van der Waals surface area contributed by atoms with Crippen molar-refractivity contribution in [3.8, 4) is 0 Å². The van der Waals surface area contributed by atoms with Gasteiger partial charge in [-0.1, -0.05) is 78.1 Å². The molecule has 1 saturated carbocycles. The van der Waals surface area contributed by atoms with Crippen molar-refractivity contribution in [2.45, 2.75) is 104 Å². The first-order valence-corrected chi connectivity index (χ1v) is 21.1. The molecule has 0 bridgehead atoms. The molecule has 4 aromatic rings. The van der Waals surface area contributed by atoms with Crippen LogP contribution in [0, 0.1) is 122 Å². The van der Waals surface area contributed by atoms with Crippen LogP contribution in [-0.2, 0) is 0 Å². The molecule has 0 saturated heterocycles. The number of unbranched alkanes of at least 4 members (excludes halogenated alkanes) is 5. The van der Waals surface area contributed by atoms with Crippen LogP contribution < -0.4 is 26.8 Å². The summed E-state index contributed by atoms with van der Waals surface area (Å²) in [6, 6.07) is 0. The van der Waals surface area contributed by atoms with E-state index in [0.717, 1.165) is 5.92 Å². The van der Waals surface area contributed by atoms with E-state index in [4.69, 9.17) is 0 Å². The highest BCUT2D eigenvalue weighted by Gasteiger charge is 2.52. The van der Waals surface area contributed by atoms with E-state index in [2.05, 4.69) is 13.8 Å². The van der Waals surface area contributed by atoms with Crippen LogP contribution in [0.5, 0.6) is 0 Å². The Kier molecular flexibility index (Phi) is 18.9. The topological polar surface area (TPSA) is 4.44 Å². The third-order valence-electron chi connectivity index (χ3n) is 12.1. The van der Waals surface area contributed by atoms with Gasteiger partial charge in [0.05, 0.1) is 19.6 Å². The van der Waals surface area contributed by atoms with Crippen LogP contribution in [-0.4, -0.2) is 25.8 Å². The fourth-order valence-electron chi connectivity index (χ4n) is 8.74. The molecule has 0 unspecified atom stereocenters. The monoisotopic (exact) mass is 975 g/mol. The highest BCUT2D eigenvalue weighted by atomic mass is 19.2. The zero-order chi connectivity index (χ0) is 49.5. The van der Waals surface area contributed by atoms with Crippen LogP contribution in [0.2, 0.25) is 0 Å². The summed E-state index contributed by atoms with van der Waals surface area (Å²) < 4.78 is 294. The zero-order valence-electron chi connectivity index (χ0n) is 35.2. The Hall–Kier alpha value is -4.50. The van der Waals surface area contributed by atoms with E-state index < -0.39 is 144 Å². The minimum absolute atomic E-state index is 1.09. The quantitative estimate of drug-likeness (QED) is 0.0354. The van der Waals surface area contributed by atoms with Crippen LogP contribution in [0.1, 0.15) is 104 Å². The van der Waals surface area contributed by atoms with E-state index in [1.807, 2.05) is 4.90 Å². The van der Waals surface area contributed by atoms with E-state index in [0.29, 0.717) is 0 Å². The minimum Gasteiger partial charge on any atom is -0.335 e. The standard InChI is InChI=1S/C24BF20.C20H41N/c26-5-1(6(27)14(35)21(42)13(5)34)25(2-7(28)15(36)22(43)16(37)8(2)29,3-9(30)17(38)23(44)18(39)10(3)31)4-11(32)19(40)24(45)20(41)12(4)33;1-3-5-17-21(18-6-4-2)19-13-8-7-10-14-20-15-11-9-12-16-20/h;20H,3-19H2,1-2H3/q-1;/p+1. The third-order valence-corrected chi connectivity index (χ3v) is 12.1. The molecule has 1 fully saturated rings. The molecule has 0 radical (unpaired) electrons. The Balaban J connectivity index is 0.000000380. The molecule has 0 aliphatic heterocycles. The van der Waals surface area contributed by atoms with Crippen LogP contribution in [0.3, 0.4) is 0 Å². The second kappa shape index (κ2) is 23.0. The molecule has 366 valence electrons. The van der Waals surface area contributed by atoms with Crippen LogP contribution in [0.15, 0.2) is 0 Å². The predicted molar refractivity (Wildman–Crippen MR) is 204 cm³/mol. The van der Waals surface area contributed by atoms with Crippen LogP contribution >= 0.6 is 0 Å². The Morgan fingerprint density at radius 1 is 0.318 bits per heavy atom. The highest BCUT2D eigenvalue weighted by molar-refractivity contribution is 7.20. The molecule has 5 rings (SSSR count). The number of rotatable bonds is 17. The van der Waals surface area contributed by atoms with Crippen molar-refractivity contribution in [1.82, 2.24) is 0 Å². The lowest BCUT2D eigenvalue weighted by atomic mass is 9.12. The summed E-state index contributed by atoms with van der Waals surface area (Å²) >= 11 is 0. The Labute approximate surface area is 366 Å². The third kappa shape index (κ3) is 10.3. The average Bonchev–Trinajstić information content (AvgIpc) is 3.31. The maximum atomic E-state index is 15.4. The first kappa shape index (κ1) is 54.1. The van der Waals surface area contributed by atoms with Gasteiger partial charge in [0.2, 0.25) is 0 Å². The Bertz CT molecular complexity index is 1980. The van der Waals surface area contributed by atoms with Crippen LogP contribution in [0.4, 0.5) is 87.8 Å². The largest absolute Gasteiger partial charge is 0.335 e. The SMILES string of the molecule is CCCC[NH+](CCCC)CCCCCCC1CCCCC1.Fc1c(F)c(F)c([B-](c2c(F)c(F)c(F)c(F)c2F)(c2c(F)c(F)c(F)c(F)c2F)c2c(F)c(F)c(F)c(F)c2F)c(F)c1F. The van der Waals surface area contributed by atoms with Gasteiger partial charge in [0.1, 0.15) is 52.7 Å². The van der Waals surface area contributed by atoms with Gasteiger partial charge in [-0.15, -0.1) is 21.9 Å². The van der Waals surface area contributed by atoms with Crippen molar-refractivity contribution in [1.29, 1.82) is 0 Å². The zero-order valence-corrected chi connectivity index (χ0v) is 35.2. The van der Waals surface area contributed by atoms with Crippen molar-refractivity contribution in [2.24, 2.45) is 5.92 Å². The van der Waals surface area contributed by atoms with E-state index >= 15 is 35.1 Å². The first-order valence-electron chi connectivity index (χ1n) is 21.1. The van der Waals surface area contributed by atoms with Crippen molar-refractivity contribution in [3.05, 3.63) is 116 Å². The fraction of sp³-hybridized carbons (Fsp3) is 0.455. The smallest absolute Gasteiger partial charge is 0.200 e. The molecule has 0 spiro atoms. The molecule has 0 amide bonds. The number of benzene rings is 4. The summed E-state index contributed by atoms with van der Waals surface area (Å²) in [5.41, 5.74) is -14.3. The number of halogens is 20. The van der Waals surface area contributed by atoms with Crippen molar-refractivity contribution < 1.29 is 92.7 Å². The molecule has 1 aliphatic rings.